The van der Waals surface area contributed by atoms with E-state index in [1.54, 1.807) is 49.6 Å². The molecule has 0 aliphatic heterocycles. The Balaban J connectivity index is 2.04. The summed E-state index contributed by atoms with van der Waals surface area (Å²) in [6.45, 7) is 3.58. The summed E-state index contributed by atoms with van der Waals surface area (Å²) in [5, 5.41) is 4.49. The lowest BCUT2D eigenvalue weighted by Gasteiger charge is -2.09. The third-order valence-corrected chi connectivity index (χ3v) is 3.55. The summed E-state index contributed by atoms with van der Waals surface area (Å²) in [6.07, 6.45) is -0.168. The molecule has 1 aromatic carbocycles. The Hall–Kier alpha value is -2.34. The van der Waals surface area contributed by atoms with E-state index in [2.05, 4.69) is 5.32 Å². The summed E-state index contributed by atoms with van der Waals surface area (Å²) in [5.74, 6) is -0.648. The van der Waals surface area contributed by atoms with Crippen molar-refractivity contribution in [1.29, 1.82) is 0 Å². The second-order valence-corrected chi connectivity index (χ2v) is 5.61. The maximum absolute atomic E-state index is 12.0. The van der Waals surface area contributed by atoms with Crippen molar-refractivity contribution in [2.24, 2.45) is 0 Å². The van der Waals surface area contributed by atoms with Crippen LogP contribution in [0, 0.1) is 0 Å². The van der Waals surface area contributed by atoms with E-state index in [0.717, 1.165) is 0 Å². The Bertz CT molecular complexity index is 647. The number of ether oxygens (including phenoxy) is 1. The van der Waals surface area contributed by atoms with E-state index in [0.29, 0.717) is 21.8 Å². The van der Waals surface area contributed by atoms with Crippen LogP contribution in [0.25, 0.3) is 0 Å². The van der Waals surface area contributed by atoms with Crippen LogP contribution < -0.4 is 11.1 Å². The number of nitrogens with two attached hydrogens (primary N) is 1. The van der Waals surface area contributed by atoms with Crippen molar-refractivity contribution in [2.45, 2.75) is 20.0 Å². The van der Waals surface area contributed by atoms with E-state index < -0.39 is 0 Å². The van der Waals surface area contributed by atoms with Gasteiger partial charge in [-0.05, 0) is 49.6 Å². The molecule has 110 valence electrons. The molecule has 2 aromatic rings. The molecule has 1 amide bonds. The highest BCUT2D eigenvalue weighted by Gasteiger charge is 2.12. The molecule has 0 unspecified atom stereocenters. The number of amides is 1. The fourth-order valence-electron chi connectivity index (χ4n) is 1.66. The SMILES string of the molecule is CC(C)OC(=O)c1ccc(NC(=O)c2sccc2N)cc1. The molecule has 0 aliphatic rings. The molecule has 0 saturated heterocycles. The first-order valence-corrected chi connectivity index (χ1v) is 7.30. The van der Waals surface area contributed by atoms with Crippen LogP contribution in [-0.2, 0) is 4.74 Å². The minimum atomic E-state index is -0.384. The third kappa shape index (κ3) is 3.82. The molecule has 0 radical (unpaired) electrons. The number of anilines is 2. The van der Waals surface area contributed by atoms with Gasteiger partial charge in [-0.3, -0.25) is 4.79 Å². The zero-order valence-electron chi connectivity index (χ0n) is 11.8. The Labute approximate surface area is 126 Å². The summed E-state index contributed by atoms with van der Waals surface area (Å²) in [4.78, 5) is 24.2. The van der Waals surface area contributed by atoms with E-state index in [-0.39, 0.29) is 18.0 Å². The fourth-order valence-corrected chi connectivity index (χ4v) is 2.38. The molecule has 1 aromatic heterocycles. The predicted octanol–water partition coefficient (Wildman–Crippen LogP) is 3.15. The first-order valence-electron chi connectivity index (χ1n) is 6.42. The number of nitrogen functional groups attached to an aromatic ring is 1. The molecule has 0 saturated carbocycles. The van der Waals surface area contributed by atoms with Gasteiger partial charge < -0.3 is 15.8 Å². The molecular weight excluding hydrogens is 288 g/mol. The van der Waals surface area contributed by atoms with Crippen LogP contribution in [0.4, 0.5) is 11.4 Å². The number of benzene rings is 1. The summed E-state index contributed by atoms with van der Waals surface area (Å²) < 4.78 is 5.09. The van der Waals surface area contributed by atoms with Crippen molar-refractivity contribution >= 4 is 34.6 Å². The Kier molecular flexibility index (Phi) is 4.59. The van der Waals surface area contributed by atoms with Crippen LogP contribution in [0.15, 0.2) is 35.7 Å². The number of rotatable bonds is 4. The van der Waals surface area contributed by atoms with Crippen LogP contribution in [0.1, 0.15) is 33.9 Å². The van der Waals surface area contributed by atoms with E-state index in [1.165, 1.54) is 11.3 Å². The summed E-state index contributed by atoms with van der Waals surface area (Å²) in [7, 11) is 0. The maximum Gasteiger partial charge on any atom is 0.338 e. The lowest BCUT2D eigenvalue weighted by Crippen LogP contribution is -2.13. The lowest BCUT2D eigenvalue weighted by molar-refractivity contribution is 0.0378. The van der Waals surface area contributed by atoms with Crippen molar-refractivity contribution in [2.75, 3.05) is 11.1 Å². The van der Waals surface area contributed by atoms with Gasteiger partial charge in [0.2, 0.25) is 0 Å². The van der Waals surface area contributed by atoms with Gasteiger partial charge in [0.05, 0.1) is 17.4 Å². The first-order chi connectivity index (χ1) is 9.97. The molecule has 2 rings (SSSR count). The van der Waals surface area contributed by atoms with Crippen molar-refractivity contribution in [3.8, 4) is 0 Å². The van der Waals surface area contributed by atoms with Crippen LogP contribution in [0.3, 0.4) is 0 Å². The van der Waals surface area contributed by atoms with Crippen LogP contribution in [0.5, 0.6) is 0 Å². The molecule has 3 N–H and O–H groups in total. The number of esters is 1. The number of nitrogens with one attached hydrogen (secondary N) is 1. The first kappa shape index (κ1) is 15.1. The van der Waals surface area contributed by atoms with E-state index in [1.807, 2.05) is 0 Å². The van der Waals surface area contributed by atoms with Gasteiger partial charge in [-0.25, -0.2) is 4.79 Å². The minimum Gasteiger partial charge on any atom is -0.459 e. The molecule has 5 nitrogen and oxygen atoms in total. The molecule has 0 atom stereocenters. The summed E-state index contributed by atoms with van der Waals surface area (Å²) >= 11 is 1.28. The van der Waals surface area contributed by atoms with Gasteiger partial charge in [-0.2, -0.15) is 0 Å². The Morgan fingerprint density at radius 2 is 1.86 bits per heavy atom. The number of hydrogen-bond donors (Lipinski definition) is 2. The zero-order valence-corrected chi connectivity index (χ0v) is 12.6. The molecule has 0 fully saturated rings. The predicted molar refractivity (Wildman–Crippen MR) is 83.7 cm³/mol. The lowest BCUT2D eigenvalue weighted by atomic mass is 10.2. The topological polar surface area (TPSA) is 81.4 Å². The second kappa shape index (κ2) is 6.41. The van der Waals surface area contributed by atoms with Gasteiger partial charge in [-0.1, -0.05) is 0 Å². The zero-order chi connectivity index (χ0) is 15.4. The molecule has 21 heavy (non-hydrogen) atoms. The van der Waals surface area contributed by atoms with Gasteiger partial charge in [0.15, 0.2) is 0 Å². The van der Waals surface area contributed by atoms with E-state index in [4.69, 9.17) is 10.5 Å². The molecule has 6 heteroatoms. The monoisotopic (exact) mass is 304 g/mol. The minimum absolute atomic E-state index is 0.168. The molecule has 1 heterocycles. The smallest absolute Gasteiger partial charge is 0.338 e. The van der Waals surface area contributed by atoms with Crippen molar-refractivity contribution < 1.29 is 14.3 Å². The molecule has 0 spiro atoms. The highest BCUT2D eigenvalue weighted by atomic mass is 32.1. The second-order valence-electron chi connectivity index (χ2n) is 4.69. The van der Waals surface area contributed by atoms with Gasteiger partial charge in [0.1, 0.15) is 4.88 Å². The van der Waals surface area contributed by atoms with Gasteiger partial charge in [0, 0.05) is 5.69 Å². The number of hydrogen-bond acceptors (Lipinski definition) is 5. The standard InChI is InChI=1S/C15H16N2O3S/c1-9(2)20-15(19)10-3-5-11(6-4-10)17-14(18)13-12(16)7-8-21-13/h3-9H,16H2,1-2H3,(H,17,18). The third-order valence-electron chi connectivity index (χ3n) is 2.62. The summed E-state index contributed by atoms with van der Waals surface area (Å²) in [6, 6.07) is 8.21. The molecule has 0 bridgehead atoms. The largest absolute Gasteiger partial charge is 0.459 e. The van der Waals surface area contributed by atoms with Gasteiger partial charge in [-0.15, -0.1) is 11.3 Å². The normalized spacial score (nSPS) is 10.4. The molecular formula is C15H16N2O3S. The highest BCUT2D eigenvalue weighted by Crippen LogP contribution is 2.20. The number of carbonyl (C=O) groups is 2. The fraction of sp³-hybridized carbons (Fsp3) is 0.200. The van der Waals surface area contributed by atoms with Crippen molar-refractivity contribution in [3.63, 3.8) is 0 Å². The Morgan fingerprint density at radius 1 is 1.19 bits per heavy atom. The van der Waals surface area contributed by atoms with Gasteiger partial charge in [0.25, 0.3) is 5.91 Å². The van der Waals surface area contributed by atoms with E-state index >= 15 is 0 Å². The number of carbonyl (C=O) groups excluding carboxylic acids is 2. The van der Waals surface area contributed by atoms with Crippen molar-refractivity contribution in [1.82, 2.24) is 0 Å². The van der Waals surface area contributed by atoms with E-state index in [9.17, 15) is 9.59 Å². The van der Waals surface area contributed by atoms with Crippen LogP contribution in [0.2, 0.25) is 0 Å². The van der Waals surface area contributed by atoms with Gasteiger partial charge >= 0.3 is 5.97 Å². The highest BCUT2D eigenvalue weighted by molar-refractivity contribution is 7.12. The van der Waals surface area contributed by atoms with Crippen molar-refractivity contribution in [3.05, 3.63) is 46.2 Å². The quantitative estimate of drug-likeness (QED) is 0.850. The maximum atomic E-state index is 12.0. The average Bonchev–Trinajstić information content (AvgIpc) is 2.85. The Morgan fingerprint density at radius 3 is 2.38 bits per heavy atom. The summed E-state index contributed by atoms with van der Waals surface area (Å²) in [5.41, 5.74) is 7.18. The number of thiophene rings is 1. The van der Waals surface area contributed by atoms with Crippen LogP contribution in [-0.4, -0.2) is 18.0 Å². The molecule has 0 aliphatic carbocycles. The van der Waals surface area contributed by atoms with Crippen LogP contribution >= 0.6 is 11.3 Å². The average molecular weight is 304 g/mol.